The summed E-state index contributed by atoms with van der Waals surface area (Å²) < 4.78 is 6.15. The third kappa shape index (κ3) is 3.46. The molecule has 7 heteroatoms. The van der Waals surface area contributed by atoms with Gasteiger partial charge in [0.15, 0.2) is 0 Å². The van der Waals surface area contributed by atoms with Crippen LogP contribution in [0, 0.1) is 5.92 Å². The summed E-state index contributed by atoms with van der Waals surface area (Å²) in [7, 11) is 0. The van der Waals surface area contributed by atoms with E-state index in [0.717, 1.165) is 10.0 Å². The number of rotatable bonds is 3. The first-order valence-electron chi connectivity index (χ1n) is 7.47. The Labute approximate surface area is 142 Å². The van der Waals surface area contributed by atoms with Gasteiger partial charge in [-0.3, -0.25) is 4.79 Å². The van der Waals surface area contributed by atoms with Crippen LogP contribution >= 0.6 is 15.9 Å². The van der Waals surface area contributed by atoms with Crippen LogP contribution in [0.2, 0.25) is 0 Å². The van der Waals surface area contributed by atoms with Crippen LogP contribution in [-0.2, 0) is 0 Å². The molecule has 1 fully saturated rings. The first kappa shape index (κ1) is 16.2. The van der Waals surface area contributed by atoms with Crippen molar-refractivity contribution < 1.29 is 14.4 Å². The molecule has 1 aliphatic heterocycles. The number of aliphatic hydroxyl groups is 1. The number of nitrogens with two attached hydrogens (primary N) is 1. The number of carbonyl (C=O) groups is 1. The average molecular weight is 380 g/mol. The normalized spacial score (nSPS) is 21.4. The highest BCUT2D eigenvalue weighted by molar-refractivity contribution is 9.10. The van der Waals surface area contributed by atoms with Crippen molar-refractivity contribution in [2.75, 3.05) is 19.7 Å². The van der Waals surface area contributed by atoms with E-state index in [0.29, 0.717) is 25.2 Å². The molecule has 6 nitrogen and oxygen atoms in total. The van der Waals surface area contributed by atoms with Crippen LogP contribution in [0.3, 0.4) is 0 Å². The number of benzene rings is 1. The second kappa shape index (κ2) is 6.82. The number of likely N-dealkylation sites (tertiary alicyclic amines) is 1. The Morgan fingerprint density at radius 2 is 2.30 bits per heavy atom. The Bertz CT molecular complexity index is 703. The van der Waals surface area contributed by atoms with Crippen LogP contribution in [0.25, 0.3) is 11.3 Å². The van der Waals surface area contributed by atoms with Gasteiger partial charge in [0.25, 0.3) is 5.91 Å². The van der Waals surface area contributed by atoms with Crippen LogP contribution in [-0.4, -0.2) is 46.8 Å². The van der Waals surface area contributed by atoms with Crippen LogP contribution in [0.1, 0.15) is 17.0 Å². The Hall–Kier alpha value is -1.70. The minimum atomic E-state index is -0.217. The van der Waals surface area contributed by atoms with E-state index in [1.807, 2.05) is 24.3 Å². The van der Waals surface area contributed by atoms with Gasteiger partial charge in [-0.05, 0) is 18.6 Å². The van der Waals surface area contributed by atoms with Gasteiger partial charge in [0, 0.05) is 47.8 Å². The minimum absolute atomic E-state index is 0.0472. The summed E-state index contributed by atoms with van der Waals surface area (Å²) in [5, 5.41) is 13.2. The molecule has 1 amide bonds. The van der Waals surface area contributed by atoms with E-state index in [2.05, 4.69) is 21.1 Å². The summed E-state index contributed by atoms with van der Waals surface area (Å²) >= 11 is 3.41. The van der Waals surface area contributed by atoms with Gasteiger partial charge in [0.05, 0.1) is 0 Å². The largest absolute Gasteiger partial charge is 0.396 e. The monoisotopic (exact) mass is 379 g/mol. The van der Waals surface area contributed by atoms with Crippen molar-refractivity contribution in [2.45, 2.75) is 12.5 Å². The molecule has 1 aromatic heterocycles. The molecular weight excluding hydrogens is 362 g/mol. The highest BCUT2D eigenvalue weighted by atomic mass is 79.9. The predicted molar refractivity (Wildman–Crippen MR) is 88.7 cm³/mol. The third-order valence-electron chi connectivity index (χ3n) is 4.17. The molecule has 2 heterocycles. The lowest BCUT2D eigenvalue weighted by Crippen LogP contribution is -2.51. The van der Waals surface area contributed by atoms with Gasteiger partial charge in [-0.2, -0.15) is 0 Å². The lowest BCUT2D eigenvalue weighted by atomic mass is 9.93. The van der Waals surface area contributed by atoms with Gasteiger partial charge in [0.2, 0.25) is 5.76 Å². The van der Waals surface area contributed by atoms with E-state index in [-0.39, 0.29) is 30.2 Å². The Kier molecular flexibility index (Phi) is 4.79. The van der Waals surface area contributed by atoms with E-state index in [9.17, 15) is 9.90 Å². The summed E-state index contributed by atoms with van der Waals surface area (Å²) in [6.45, 7) is 1.03. The molecule has 0 aliphatic carbocycles. The van der Waals surface area contributed by atoms with Gasteiger partial charge in [-0.25, -0.2) is 0 Å². The van der Waals surface area contributed by atoms with E-state index in [4.69, 9.17) is 10.3 Å². The van der Waals surface area contributed by atoms with E-state index in [1.165, 1.54) is 0 Å². The molecule has 3 N–H and O–H groups in total. The number of aliphatic hydroxyl groups excluding tert-OH is 1. The predicted octanol–water partition coefficient (Wildman–Crippen LogP) is 1.89. The maximum atomic E-state index is 12.5. The molecule has 0 radical (unpaired) electrons. The Morgan fingerprint density at radius 3 is 3.00 bits per heavy atom. The number of halogens is 1. The molecule has 0 bridgehead atoms. The highest BCUT2D eigenvalue weighted by Crippen LogP contribution is 2.24. The van der Waals surface area contributed by atoms with E-state index < -0.39 is 0 Å². The van der Waals surface area contributed by atoms with Gasteiger partial charge in [-0.1, -0.05) is 33.2 Å². The lowest BCUT2D eigenvalue weighted by molar-refractivity contribution is 0.0570. The minimum Gasteiger partial charge on any atom is -0.396 e. The molecule has 3 rings (SSSR count). The molecule has 23 heavy (non-hydrogen) atoms. The third-order valence-corrected chi connectivity index (χ3v) is 4.66. The van der Waals surface area contributed by atoms with Crippen molar-refractivity contribution in [3.05, 3.63) is 40.6 Å². The fraction of sp³-hybridized carbons (Fsp3) is 0.375. The number of amides is 1. The maximum Gasteiger partial charge on any atom is 0.292 e. The fourth-order valence-electron chi connectivity index (χ4n) is 2.76. The molecule has 2 atom stereocenters. The van der Waals surface area contributed by atoms with Crippen molar-refractivity contribution >= 4 is 21.8 Å². The number of nitrogens with zero attached hydrogens (tertiary/aromatic N) is 2. The molecule has 0 spiro atoms. The lowest BCUT2D eigenvalue weighted by Gasteiger charge is -2.35. The van der Waals surface area contributed by atoms with Gasteiger partial charge < -0.3 is 20.3 Å². The fourth-order valence-corrected chi connectivity index (χ4v) is 3.16. The van der Waals surface area contributed by atoms with Crippen LogP contribution in [0.4, 0.5) is 0 Å². The zero-order valence-corrected chi connectivity index (χ0v) is 14.1. The van der Waals surface area contributed by atoms with Crippen molar-refractivity contribution in [1.29, 1.82) is 0 Å². The Balaban J connectivity index is 1.74. The first-order chi connectivity index (χ1) is 11.1. The zero-order valence-electron chi connectivity index (χ0n) is 12.5. The topological polar surface area (TPSA) is 92.6 Å². The van der Waals surface area contributed by atoms with Crippen molar-refractivity contribution in [2.24, 2.45) is 11.7 Å². The van der Waals surface area contributed by atoms with E-state index in [1.54, 1.807) is 11.0 Å². The summed E-state index contributed by atoms with van der Waals surface area (Å²) in [6, 6.07) is 9.06. The average Bonchev–Trinajstić information content (AvgIpc) is 3.04. The van der Waals surface area contributed by atoms with Gasteiger partial charge in [0.1, 0.15) is 5.69 Å². The standard InChI is InChI=1S/C16H18BrN3O3/c17-12-3-1-2-10(6-12)14-7-15(23-19-14)16(22)20-5-4-11(9-21)13(18)8-20/h1-3,6-7,11,13,21H,4-5,8-9,18H2/t11-,13+/m0/s1. The summed E-state index contributed by atoms with van der Waals surface area (Å²) in [6.07, 6.45) is 0.691. The molecule has 0 saturated carbocycles. The quantitative estimate of drug-likeness (QED) is 0.849. The smallest absolute Gasteiger partial charge is 0.292 e. The zero-order chi connectivity index (χ0) is 16.4. The molecule has 0 unspecified atom stereocenters. The number of hydrogen-bond donors (Lipinski definition) is 2. The molecule has 122 valence electrons. The van der Waals surface area contributed by atoms with Crippen molar-refractivity contribution in [3.63, 3.8) is 0 Å². The summed E-state index contributed by atoms with van der Waals surface area (Å²) in [5.74, 6) is 0.0335. The number of aromatic nitrogens is 1. The van der Waals surface area contributed by atoms with Gasteiger partial charge >= 0.3 is 0 Å². The molecular formula is C16H18BrN3O3. The second-order valence-electron chi connectivity index (χ2n) is 5.73. The second-order valence-corrected chi connectivity index (χ2v) is 6.65. The SMILES string of the molecule is N[C@@H]1CN(C(=O)c2cc(-c3cccc(Br)c3)no2)CC[C@H]1CO. The number of carbonyl (C=O) groups excluding carboxylic acids is 1. The van der Waals surface area contributed by atoms with Crippen LogP contribution in [0.15, 0.2) is 39.3 Å². The highest BCUT2D eigenvalue weighted by Gasteiger charge is 2.30. The summed E-state index contributed by atoms with van der Waals surface area (Å²) in [5.41, 5.74) is 7.49. The maximum absolute atomic E-state index is 12.5. The van der Waals surface area contributed by atoms with E-state index >= 15 is 0 Å². The van der Waals surface area contributed by atoms with Crippen molar-refractivity contribution in [3.8, 4) is 11.3 Å². The number of hydrogen-bond acceptors (Lipinski definition) is 5. The molecule has 1 aliphatic rings. The van der Waals surface area contributed by atoms with Crippen molar-refractivity contribution in [1.82, 2.24) is 10.1 Å². The molecule has 1 saturated heterocycles. The Morgan fingerprint density at radius 1 is 1.48 bits per heavy atom. The summed E-state index contributed by atoms with van der Waals surface area (Å²) in [4.78, 5) is 14.2. The number of piperidine rings is 1. The van der Waals surface area contributed by atoms with Crippen LogP contribution < -0.4 is 5.73 Å². The molecule has 1 aromatic carbocycles. The van der Waals surface area contributed by atoms with Gasteiger partial charge in [-0.15, -0.1) is 0 Å². The molecule has 2 aromatic rings. The first-order valence-corrected chi connectivity index (χ1v) is 8.26. The van der Waals surface area contributed by atoms with Crippen LogP contribution in [0.5, 0.6) is 0 Å².